The van der Waals surface area contributed by atoms with E-state index in [4.69, 9.17) is 5.11 Å². The van der Waals surface area contributed by atoms with E-state index in [1.54, 1.807) is 11.8 Å². The molecule has 0 heterocycles. The molecule has 0 aliphatic carbocycles. The third kappa shape index (κ3) is 3.51. The van der Waals surface area contributed by atoms with Crippen molar-refractivity contribution in [1.82, 2.24) is 4.90 Å². The number of halogens is 1. The zero-order valence-corrected chi connectivity index (χ0v) is 8.98. The molecule has 0 aliphatic rings. The Morgan fingerprint density at radius 2 is 2.19 bits per heavy atom. The molecule has 1 aromatic rings. The Morgan fingerprint density at radius 3 is 2.75 bits per heavy atom. The van der Waals surface area contributed by atoms with Crippen molar-refractivity contribution in [2.45, 2.75) is 13.5 Å². The lowest BCUT2D eigenvalue weighted by atomic mass is 10.2. The largest absolute Gasteiger partial charge is 0.508 e. The van der Waals surface area contributed by atoms with E-state index in [1.165, 1.54) is 12.1 Å². The summed E-state index contributed by atoms with van der Waals surface area (Å²) in [6.45, 7) is 2.40. The second-order valence-electron chi connectivity index (χ2n) is 3.47. The molecule has 0 aliphatic heterocycles. The van der Waals surface area contributed by atoms with E-state index in [0.29, 0.717) is 12.1 Å². The van der Waals surface area contributed by atoms with Gasteiger partial charge in [0.2, 0.25) is 0 Å². The van der Waals surface area contributed by atoms with Gasteiger partial charge in [0.25, 0.3) is 0 Å². The Kier molecular flexibility index (Phi) is 4.25. The zero-order chi connectivity index (χ0) is 12.1. The number of phenols is 1. The summed E-state index contributed by atoms with van der Waals surface area (Å²) in [6.07, 6.45) is 0. The van der Waals surface area contributed by atoms with Gasteiger partial charge in [-0.05, 0) is 24.7 Å². The number of aliphatic carboxylic acids is 1. The summed E-state index contributed by atoms with van der Waals surface area (Å²) in [6, 6.07) is 3.63. The number of carboxylic acids is 1. The first-order valence-electron chi connectivity index (χ1n) is 4.94. The van der Waals surface area contributed by atoms with Crippen molar-refractivity contribution in [3.05, 3.63) is 29.6 Å². The molecule has 0 atom stereocenters. The fourth-order valence-electron chi connectivity index (χ4n) is 1.39. The number of likely N-dealkylation sites (N-methyl/N-ethyl adjacent to an activating group) is 1. The van der Waals surface area contributed by atoms with E-state index in [9.17, 15) is 14.3 Å². The smallest absolute Gasteiger partial charge is 0.317 e. The van der Waals surface area contributed by atoms with Gasteiger partial charge in [-0.25, -0.2) is 4.39 Å². The van der Waals surface area contributed by atoms with Gasteiger partial charge in [-0.15, -0.1) is 0 Å². The summed E-state index contributed by atoms with van der Waals surface area (Å²) in [7, 11) is 0. The van der Waals surface area contributed by atoms with Crippen molar-refractivity contribution < 1.29 is 19.4 Å². The Morgan fingerprint density at radius 1 is 1.50 bits per heavy atom. The van der Waals surface area contributed by atoms with Gasteiger partial charge in [-0.1, -0.05) is 6.92 Å². The van der Waals surface area contributed by atoms with Crippen molar-refractivity contribution in [1.29, 1.82) is 0 Å². The number of benzene rings is 1. The second-order valence-corrected chi connectivity index (χ2v) is 3.47. The molecule has 0 saturated heterocycles. The average molecular weight is 227 g/mol. The molecule has 0 bridgehead atoms. The number of carbonyl (C=O) groups is 1. The summed E-state index contributed by atoms with van der Waals surface area (Å²) in [5, 5.41) is 18.1. The Balaban J connectivity index is 2.77. The number of carboxylic acid groups (broad SMARTS) is 1. The molecule has 0 amide bonds. The molecule has 1 rings (SSSR count). The first kappa shape index (κ1) is 12.4. The van der Waals surface area contributed by atoms with Crippen molar-refractivity contribution in [2.75, 3.05) is 13.1 Å². The number of nitrogens with zero attached hydrogens (tertiary/aromatic N) is 1. The van der Waals surface area contributed by atoms with Crippen LogP contribution >= 0.6 is 0 Å². The molecule has 5 heteroatoms. The standard InChI is InChI=1S/C11H14FNO3/c1-2-13(7-11(15)16)6-8-5-9(12)3-4-10(8)14/h3-5,14H,2,6-7H2,1H3,(H,15,16). The van der Waals surface area contributed by atoms with Crippen LogP contribution in [-0.4, -0.2) is 34.2 Å². The summed E-state index contributed by atoms with van der Waals surface area (Å²) in [5.41, 5.74) is 0.392. The number of hydrogen-bond donors (Lipinski definition) is 2. The first-order valence-corrected chi connectivity index (χ1v) is 4.94. The maximum absolute atomic E-state index is 12.9. The normalized spacial score (nSPS) is 10.7. The van der Waals surface area contributed by atoms with Crippen LogP contribution in [-0.2, 0) is 11.3 Å². The minimum Gasteiger partial charge on any atom is -0.508 e. The monoisotopic (exact) mass is 227 g/mol. The van der Waals surface area contributed by atoms with E-state index < -0.39 is 11.8 Å². The quantitative estimate of drug-likeness (QED) is 0.799. The molecule has 0 fully saturated rings. The van der Waals surface area contributed by atoms with Gasteiger partial charge in [0.05, 0.1) is 6.54 Å². The molecule has 0 aromatic heterocycles. The highest BCUT2D eigenvalue weighted by Crippen LogP contribution is 2.19. The third-order valence-corrected chi connectivity index (χ3v) is 2.24. The molecule has 16 heavy (non-hydrogen) atoms. The van der Waals surface area contributed by atoms with Crippen molar-refractivity contribution >= 4 is 5.97 Å². The van der Waals surface area contributed by atoms with Gasteiger partial charge < -0.3 is 10.2 Å². The number of aromatic hydroxyl groups is 1. The summed E-state index contributed by atoms with van der Waals surface area (Å²) in [4.78, 5) is 12.1. The van der Waals surface area contributed by atoms with Crippen molar-refractivity contribution in [3.63, 3.8) is 0 Å². The lowest BCUT2D eigenvalue weighted by molar-refractivity contribution is -0.138. The zero-order valence-electron chi connectivity index (χ0n) is 8.98. The predicted octanol–water partition coefficient (Wildman–Crippen LogP) is 1.44. The predicted molar refractivity (Wildman–Crippen MR) is 56.7 cm³/mol. The van der Waals surface area contributed by atoms with E-state index >= 15 is 0 Å². The molecule has 88 valence electrons. The molecular formula is C11H14FNO3. The lowest BCUT2D eigenvalue weighted by Gasteiger charge is -2.18. The first-order chi connectivity index (χ1) is 7.52. The maximum atomic E-state index is 12.9. The highest BCUT2D eigenvalue weighted by atomic mass is 19.1. The summed E-state index contributed by atoms with van der Waals surface area (Å²) in [5.74, 6) is -1.41. The van der Waals surface area contributed by atoms with Crippen LogP contribution in [0.2, 0.25) is 0 Å². The fraction of sp³-hybridized carbons (Fsp3) is 0.364. The van der Waals surface area contributed by atoms with E-state index in [-0.39, 0.29) is 18.8 Å². The van der Waals surface area contributed by atoms with Gasteiger partial charge in [0, 0.05) is 12.1 Å². The average Bonchev–Trinajstić information content (AvgIpc) is 2.21. The van der Waals surface area contributed by atoms with Crippen LogP contribution < -0.4 is 0 Å². The highest BCUT2D eigenvalue weighted by molar-refractivity contribution is 5.69. The molecule has 0 radical (unpaired) electrons. The van der Waals surface area contributed by atoms with Crippen LogP contribution in [0.4, 0.5) is 4.39 Å². The number of phenolic OH excluding ortho intramolecular Hbond substituents is 1. The topological polar surface area (TPSA) is 60.8 Å². The van der Waals surface area contributed by atoms with E-state index in [2.05, 4.69) is 0 Å². The molecule has 0 unspecified atom stereocenters. The Hall–Kier alpha value is -1.62. The van der Waals surface area contributed by atoms with Crippen LogP contribution in [0, 0.1) is 5.82 Å². The molecule has 4 nitrogen and oxygen atoms in total. The molecular weight excluding hydrogens is 213 g/mol. The van der Waals surface area contributed by atoms with Crippen LogP contribution in [0.5, 0.6) is 5.75 Å². The summed E-state index contributed by atoms with van der Waals surface area (Å²) >= 11 is 0. The van der Waals surface area contributed by atoms with Gasteiger partial charge in [0.1, 0.15) is 11.6 Å². The Labute approximate surface area is 92.9 Å². The third-order valence-electron chi connectivity index (χ3n) is 2.24. The molecule has 0 spiro atoms. The Bertz CT molecular complexity index is 381. The number of hydrogen-bond acceptors (Lipinski definition) is 3. The molecule has 1 aromatic carbocycles. The highest BCUT2D eigenvalue weighted by Gasteiger charge is 2.11. The van der Waals surface area contributed by atoms with Crippen LogP contribution in [0.25, 0.3) is 0 Å². The molecule has 2 N–H and O–H groups in total. The van der Waals surface area contributed by atoms with E-state index in [0.717, 1.165) is 6.07 Å². The summed E-state index contributed by atoms with van der Waals surface area (Å²) < 4.78 is 12.9. The van der Waals surface area contributed by atoms with Crippen molar-refractivity contribution in [2.24, 2.45) is 0 Å². The molecule has 0 saturated carbocycles. The van der Waals surface area contributed by atoms with Crippen LogP contribution in [0.1, 0.15) is 12.5 Å². The van der Waals surface area contributed by atoms with Gasteiger partial charge >= 0.3 is 5.97 Å². The SMILES string of the molecule is CCN(CC(=O)O)Cc1cc(F)ccc1O. The van der Waals surface area contributed by atoms with Gasteiger partial charge in [-0.3, -0.25) is 9.69 Å². The lowest BCUT2D eigenvalue weighted by Crippen LogP contribution is -2.29. The number of rotatable bonds is 5. The maximum Gasteiger partial charge on any atom is 0.317 e. The van der Waals surface area contributed by atoms with E-state index in [1.807, 2.05) is 0 Å². The van der Waals surface area contributed by atoms with Gasteiger partial charge in [-0.2, -0.15) is 0 Å². The van der Waals surface area contributed by atoms with Crippen LogP contribution in [0.15, 0.2) is 18.2 Å². The minimum atomic E-state index is -0.947. The van der Waals surface area contributed by atoms with Crippen LogP contribution in [0.3, 0.4) is 0 Å². The van der Waals surface area contributed by atoms with Crippen molar-refractivity contribution in [3.8, 4) is 5.75 Å². The second kappa shape index (κ2) is 5.46. The fourth-order valence-corrected chi connectivity index (χ4v) is 1.39. The van der Waals surface area contributed by atoms with Gasteiger partial charge in [0.15, 0.2) is 0 Å². The minimum absolute atomic E-state index is 0.0229.